The number of ether oxygens (including phenoxy) is 2. The Morgan fingerprint density at radius 2 is 2.56 bits per heavy atom. The average Bonchev–Trinajstić information content (AvgIpc) is 2.35. The maximum Gasteiger partial charge on any atom is 0.164 e. The third kappa shape index (κ3) is 0.705. The molecule has 0 aromatic rings. The Hall–Kier alpha value is -0.340. The lowest BCUT2D eigenvalue weighted by molar-refractivity contribution is -0.0904. The summed E-state index contributed by atoms with van der Waals surface area (Å²) in [6.45, 7) is 4.94. The van der Waals surface area contributed by atoms with Gasteiger partial charge in [0.25, 0.3) is 0 Å². The molecule has 50 valence electrons. The summed E-state index contributed by atoms with van der Waals surface area (Å²) in [5.41, 5.74) is 1.01. The van der Waals surface area contributed by atoms with E-state index < -0.39 is 6.27 Å². The highest BCUT2D eigenvalue weighted by Crippen LogP contribution is 2.33. The van der Waals surface area contributed by atoms with Crippen LogP contribution in [0.3, 0.4) is 0 Å². The largest absolute Gasteiger partial charge is 0.352 e. The van der Waals surface area contributed by atoms with Crippen molar-refractivity contribution >= 4 is 0 Å². The van der Waals surface area contributed by atoms with E-state index in [9.17, 15) is 0 Å². The molecule has 2 heterocycles. The topological polar surface area (TPSA) is 18.5 Å². The third-order valence-electron chi connectivity index (χ3n) is 1.83. The number of hydrogen-bond donors (Lipinski definition) is 0. The number of fused-ring (bicyclic) bond motifs is 1. The number of hydrogen-bond acceptors (Lipinski definition) is 2. The summed E-state index contributed by atoms with van der Waals surface area (Å²) in [5.74, 6) is 0.118. The summed E-state index contributed by atoms with van der Waals surface area (Å²) in [4.78, 5) is 0. The lowest BCUT2D eigenvalue weighted by Gasteiger charge is -2.04. The van der Waals surface area contributed by atoms with Crippen LogP contribution in [0.5, 0.6) is 0 Å². The van der Waals surface area contributed by atoms with Crippen molar-refractivity contribution in [1.29, 1.82) is 0 Å². The van der Waals surface area contributed by atoms with Crippen LogP contribution in [0.1, 0.15) is 7.79 Å². The molecule has 0 spiro atoms. The van der Waals surface area contributed by atoms with Gasteiger partial charge in [-0.15, -0.1) is 0 Å². The zero-order chi connectivity index (χ0) is 7.19. The van der Waals surface area contributed by atoms with Gasteiger partial charge >= 0.3 is 0 Å². The van der Waals surface area contributed by atoms with Crippen molar-refractivity contribution < 1.29 is 10.8 Å². The monoisotopic (exact) mass is 127 g/mol. The molecule has 0 N–H and O–H groups in total. The highest BCUT2D eigenvalue weighted by molar-refractivity contribution is 5.08. The molecule has 2 heteroatoms. The van der Waals surface area contributed by atoms with Gasteiger partial charge in [-0.25, -0.2) is 0 Å². The Bertz CT molecular complexity index is 180. The van der Waals surface area contributed by atoms with Gasteiger partial charge in [0.15, 0.2) is 6.27 Å². The molecular weight excluding hydrogens is 116 g/mol. The van der Waals surface area contributed by atoms with Crippen LogP contribution in [0.4, 0.5) is 0 Å². The molecule has 2 saturated heterocycles. The van der Waals surface area contributed by atoms with Crippen LogP contribution in [0, 0.1) is 5.92 Å². The van der Waals surface area contributed by atoms with E-state index in [0.29, 0.717) is 13.2 Å². The van der Waals surface area contributed by atoms with E-state index >= 15 is 0 Å². The molecule has 0 unspecified atom stereocenters. The SMILES string of the molecule is [2H][C@]12OCC[C@H]1C(=C)CO2. The molecule has 0 saturated carbocycles. The summed E-state index contributed by atoms with van der Waals surface area (Å²) in [6, 6.07) is 0. The van der Waals surface area contributed by atoms with Crippen LogP contribution >= 0.6 is 0 Å². The smallest absolute Gasteiger partial charge is 0.164 e. The van der Waals surface area contributed by atoms with Crippen molar-refractivity contribution in [2.24, 2.45) is 5.92 Å². The van der Waals surface area contributed by atoms with Crippen LogP contribution in [-0.2, 0) is 9.47 Å². The van der Waals surface area contributed by atoms with Crippen molar-refractivity contribution in [2.45, 2.75) is 12.7 Å². The molecule has 0 radical (unpaired) electrons. The highest BCUT2D eigenvalue weighted by atomic mass is 16.7. The first-order valence-electron chi connectivity index (χ1n) is 3.68. The second kappa shape index (κ2) is 1.82. The summed E-state index contributed by atoms with van der Waals surface area (Å²) in [5, 5.41) is 0. The van der Waals surface area contributed by atoms with Gasteiger partial charge < -0.3 is 9.47 Å². The molecule has 0 aromatic carbocycles. The van der Waals surface area contributed by atoms with Gasteiger partial charge in [-0.3, -0.25) is 0 Å². The van der Waals surface area contributed by atoms with Crippen LogP contribution in [0.15, 0.2) is 12.2 Å². The van der Waals surface area contributed by atoms with E-state index in [1.54, 1.807) is 0 Å². The molecule has 2 atom stereocenters. The zero-order valence-electron chi connectivity index (χ0n) is 6.22. The fourth-order valence-corrected chi connectivity index (χ4v) is 1.27. The lowest BCUT2D eigenvalue weighted by atomic mass is 10.0. The van der Waals surface area contributed by atoms with Gasteiger partial charge in [-0.1, -0.05) is 6.58 Å². The molecule has 0 aromatic heterocycles. The molecule has 2 fully saturated rings. The van der Waals surface area contributed by atoms with Crippen LogP contribution in [0.2, 0.25) is 0 Å². The molecule has 2 rings (SSSR count). The van der Waals surface area contributed by atoms with Crippen LogP contribution in [0.25, 0.3) is 0 Å². The van der Waals surface area contributed by atoms with Crippen molar-refractivity contribution in [3.63, 3.8) is 0 Å². The second-order valence-corrected chi connectivity index (χ2v) is 2.46. The van der Waals surface area contributed by atoms with E-state index in [0.717, 1.165) is 12.0 Å². The predicted molar refractivity (Wildman–Crippen MR) is 32.9 cm³/mol. The van der Waals surface area contributed by atoms with Crippen LogP contribution in [-0.4, -0.2) is 19.5 Å². The van der Waals surface area contributed by atoms with Gasteiger partial charge in [0.05, 0.1) is 14.6 Å². The second-order valence-electron chi connectivity index (χ2n) is 2.46. The summed E-state index contributed by atoms with van der Waals surface area (Å²) >= 11 is 0. The van der Waals surface area contributed by atoms with Gasteiger partial charge in [-0.05, 0) is 12.0 Å². The van der Waals surface area contributed by atoms with E-state index in [1.165, 1.54) is 0 Å². The van der Waals surface area contributed by atoms with Crippen LogP contribution < -0.4 is 0 Å². The first-order chi connectivity index (χ1) is 4.72. The Morgan fingerprint density at radius 1 is 1.67 bits per heavy atom. The number of rotatable bonds is 0. The molecule has 2 aliphatic rings. The Morgan fingerprint density at radius 3 is 3.33 bits per heavy atom. The molecule has 9 heavy (non-hydrogen) atoms. The fourth-order valence-electron chi connectivity index (χ4n) is 1.27. The van der Waals surface area contributed by atoms with Crippen molar-refractivity contribution in [3.05, 3.63) is 12.2 Å². The van der Waals surface area contributed by atoms with Crippen molar-refractivity contribution in [2.75, 3.05) is 13.2 Å². The minimum absolute atomic E-state index is 0.118. The first kappa shape index (κ1) is 4.47. The van der Waals surface area contributed by atoms with E-state index in [-0.39, 0.29) is 5.92 Å². The summed E-state index contributed by atoms with van der Waals surface area (Å²) in [6.07, 6.45) is -0.181. The van der Waals surface area contributed by atoms with Crippen molar-refractivity contribution in [1.82, 2.24) is 0 Å². The normalized spacial score (nSPS) is 51.3. The van der Waals surface area contributed by atoms with E-state index in [2.05, 4.69) is 6.58 Å². The summed E-state index contributed by atoms with van der Waals surface area (Å²) in [7, 11) is 0. The molecule has 0 amide bonds. The minimum Gasteiger partial charge on any atom is -0.352 e. The molecule has 0 aliphatic carbocycles. The minimum atomic E-state index is -1.07. The average molecular weight is 127 g/mol. The summed E-state index contributed by atoms with van der Waals surface area (Å²) < 4.78 is 17.9. The zero-order valence-corrected chi connectivity index (χ0v) is 5.22. The maximum atomic E-state index is 7.62. The fraction of sp³-hybridized carbons (Fsp3) is 0.714. The third-order valence-corrected chi connectivity index (χ3v) is 1.83. The van der Waals surface area contributed by atoms with Gasteiger partial charge in [0.1, 0.15) is 0 Å². The first-order valence-corrected chi connectivity index (χ1v) is 3.18. The van der Waals surface area contributed by atoms with E-state index in [4.69, 9.17) is 10.8 Å². The Labute approximate surface area is 55.9 Å². The predicted octanol–water partition coefficient (Wildman–Crippen LogP) is 0.935. The van der Waals surface area contributed by atoms with Gasteiger partial charge in [0.2, 0.25) is 0 Å². The van der Waals surface area contributed by atoms with E-state index in [1.807, 2.05) is 0 Å². The molecule has 2 nitrogen and oxygen atoms in total. The van der Waals surface area contributed by atoms with Gasteiger partial charge in [0, 0.05) is 5.92 Å². The Kier molecular flexibility index (Phi) is 0.905. The molecule has 0 bridgehead atoms. The lowest BCUT2D eigenvalue weighted by Crippen LogP contribution is -2.09. The van der Waals surface area contributed by atoms with Crippen molar-refractivity contribution in [3.8, 4) is 0 Å². The molecule has 2 aliphatic heterocycles. The van der Waals surface area contributed by atoms with Gasteiger partial charge in [-0.2, -0.15) is 0 Å². The standard InChI is InChI=1S/C7H10O2/c1-5-4-9-7-6(5)2-3-8-7/h6-7H,1-4H2/t6-,7+/m0/s1/i7D. The maximum absolute atomic E-state index is 7.62. The highest BCUT2D eigenvalue weighted by Gasteiger charge is 2.36. The molecular formula is C7H10O2. The Balaban J connectivity index is 2.27. The quantitative estimate of drug-likeness (QED) is 0.451.